The van der Waals surface area contributed by atoms with E-state index in [2.05, 4.69) is 16.0 Å². The molecule has 0 saturated heterocycles. The number of aliphatic hydroxyl groups excluding tert-OH is 2. The van der Waals surface area contributed by atoms with E-state index in [9.17, 15) is 9.59 Å². The summed E-state index contributed by atoms with van der Waals surface area (Å²) >= 11 is 0. The Bertz CT molecular complexity index is 855. The van der Waals surface area contributed by atoms with Crippen LogP contribution in [0.2, 0.25) is 0 Å². The van der Waals surface area contributed by atoms with Crippen molar-refractivity contribution in [3.8, 4) is 0 Å². The first-order chi connectivity index (χ1) is 15.7. The van der Waals surface area contributed by atoms with Gasteiger partial charge in [-0.05, 0) is 37.9 Å². The third-order valence-corrected chi connectivity index (χ3v) is 5.61. The smallest absolute Gasteiger partial charge is 0.196 e. The highest BCUT2D eigenvalue weighted by Gasteiger charge is 2.33. The molecule has 7 nitrogen and oxygen atoms in total. The standard InChI is InChI=1S/C25H33N3O4/c29-16-6-2-1-5-13-27-20-10-11-21(28-15-14-26-12-7-17-30)23-22(20)24(31)18-8-3-4-9-19(18)25(23)32/h3-4,8-11,26-30H,1-2,5-7,12-17H2. The first-order valence-corrected chi connectivity index (χ1v) is 11.4. The predicted octanol–water partition coefficient (Wildman–Crippen LogP) is 2.81. The van der Waals surface area contributed by atoms with Crippen LogP contribution >= 0.6 is 0 Å². The van der Waals surface area contributed by atoms with Gasteiger partial charge in [-0.2, -0.15) is 0 Å². The fourth-order valence-corrected chi connectivity index (χ4v) is 3.95. The molecule has 172 valence electrons. The van der Waals surface area contributed by atoms with E-state index in [-0.39, 0.29) is 24.8 Å². The maximum absolute atomic E-state index is 13.4. The lowest BCUT2D eigenvalue weighted by atomic mass is 9.82. The predicted molar refractivity (Wildman–Crippen MR) is 127 cm³/mol. The van der Waals surface area contributed by atoms with Crippen molar-refractivity contribution in [2.45, 2.75) is 32.1 Å². The van der Waals surface area contributed by atoms with Gasteiger partial charge in [-0.15, -0.1) is 0 Å². The van der Waals surface area contributed by atoms with Gasteiger partial charge in [0.05, 0.1) is 11.1 Å². The number of rotatable bonds is 14. The van der Waals surface area contributed by atoms with Gasteiger partial charge in [-0.1, -0.05) is 37.1 Å². The molecule has 0 radical (unpaired) electrons. The van der Waals surface area contributed by atoms with E-state index in [0.717, 1.165) is 32.2 Å². The summed E-state index contributed by atoms with van der Waals surface area (Å²) in [4.78, 5) is 26.7. The number of anilines is 2. The molecule has 7 heteroatoms. The number of hydrogen-bond acceptors (Lipinski definition) is 7. The maximum atomic E-state index is 13.4. The number of fused-ring (bicyclic) bond motifs is 2. The minimum atomic E-state index is -0.141. The molecule has 0 saturated carbocycles. The highest BCUT2D eigenvalue weighted by molar-refractivity contribution is 6.31. The monoisotopic (exact) mass is 439 g/mol. The second kappa shape index (κ2) is 12.3. The van der Waals surface area contributed by atoms with Crippen LogP contribution in [-0.4, -0.2) is 61.2 Å². The van der Waals surface area contributed by atoms with Crippen LogP contribution in [0.15, 0.2) is 36.4 Å². The van der Waals surface area contributed by atoms with E-state index in [0.29, 0.717) is 59.7 Å². The molecule has 0 aromatic heterocycles. The van der Waals surface area contributed by atoms with E-state index in [1.807, 2.05) is 12.1 Å². The Morgan fingerprint density at radius 1 is 0.594 bits per heavy atom. The summed E-state index contributed by atoms with van der Waals surface area (Å²) in [7, 11) is 0. The Kier molecular flexibility index (Phi) is 9.22. The molecule has 32 heavy (non-hydrogen) atoms. The van der Waals surface area contributed by atoms with Crippen molar-refractivity contribution in [3.05, 3.63) is 58.7 Å². The van der Waals surface area contributed by atoms with Gasteiger partial charge in [-0.25, -0.2) is 0 Å². The molecule has 1 aliphatic rings. The van der Waals surface area contributed by atoms with Gasteiger partial charge in [0.15, 0.2) is 11.6 Å². The van der Waals surface area contributed by atoms with Crippen LogP contribution in [0.25, 0.3) is 0 Å². The average molecular weight is 440 g/mol. The molecule has 0 spiro atoms. The minimum Gasteiger partial charge on any atom is -0.396 e. The molecule has 0 bridgehead atoms. The van der Waals surface area contributed by atoms with Crippen LogP contribution in [0.3, 0.4) is 0 Å². The highest BCUT2D eigenvalue weighted by Crippen LogP contribution is 2.36. The number of ketones is 2. The molecule has 3 rings (SSSR count). The molecule has 0 unspecified atom stereocenters. The molecule has 5 N–H and O–H groups in total. The number of benzene rings is 2. The number of hydrogen-bond donors (Lipinski definition) is 5. The van der Waals surface area contributed by atoms with Crippen molar-refractivity contribution in [1.29, 1.82) is 0 Å². The molecule has 2 aromatic rings. The molecule has 0 heterocycles. The topological polar surface area (TPSA) is 111 Å². The van der Waals surface area contributed by atoms with Gasteiger partial charge in [0.2, 0.25) is 0 Å². The minimum absolute atomic E-state index is 0.136. The number of unbranched alkanes of at least 4 members (excludes halogenated alkanes) is 3. The van der Waals surface area contributed by atoms with Crippen LogP contribution in [0, 0.1) is 0 Å². The lowest BCUT2D eigenvalue weighted by Crippen LogP contribution is -2.27. The summed E-state index contributed by atoms with van der Waals surface area (Å²) in [6, 6.07) is 10.7. The van der Waals surface area contributed by atoms with E-state index < -0.39 is 0 Å². The lowest BCUT2D eigenvalue weighted by Gasteiger charge is -2.24. The Balaban J connectivity index is 1.79. The Morgan fingerprint density at radius 3 is 1.75 bits per heavy atom. The fraction of sp³-hybridized carbons (Fsp3) is 0.440. The maximum Gasteiger partial charge on any atom is 0.196 e. The summed E-state index contributed by atoms with van der Waals surface area (Å²) in [5, 5.41) is 27.7. The molecule has 2 aromatic carbocycles. The second-order valence-corrected chi connectivity index (χ2v) is 7.93. The largest absolute Gasteiger partial charge is 0.396 e. The third-order valence-electron chi connectivity index (χ3n) is 5.61. The zero-order valence-electron chi connectivity index (χ0n) is 18.5. The van der Waals surface area contributed by atoms with E-state index in [1.54, 1.807) is 24.3 Å². The normalized spacial score (nSPS) is 12.4. The van der Waals surface area contributed by atoms with Crippen molar-refractivity contribution in [2.75, 3.05) is 50.0 Å². The van der Waals surface area contributed by atoms with Gasteiger partial charge < -0.3 is 26.2 Å². The van der Waals surface area contributed by atoms with Crippen LogP contribution in [0.1, 0.15) is 63.9 Å². The van der Waals surface area contributed by atoms with Crippen LogP contribution in [-0.2, 0) is 0 Å². The first kappa shape index (κ1) is 23.9. The number of carbonyl (C=O) groups excluding carboxylic acids is 2. The summed E-state index contributed by atoms with van der Waals surface area (Å²) in [5.41, 5.74) is 3.08. The first-order valence-electron chi connectivity index (χ1n) is 11.4. The Hall–Kier alpha value is -2.74. The Labute approximate surface area is 189 Å². The molecule has 0 amide bonds. The van der Waals surface area contributed by atoms with E-state index in [4.69, 9.17) is 10.2 Å². The number of carbonyl (C=O) groups is 2. The molecule has 0 aliphatic heterocycles. The van der Waals surface area contributed by atoms with Crippen molar-refractivity contribution in [2.24, 2.45) is 0 Å². The molecular formula is C25H33N3O4. The van der Waals surface area contributed by atoms with E-state index >= 15 is 0 Å². The quantitative estimate of drug-likeness (QED) is 0.246. The fourth-order valence-electron chi connectivity index (χ4n) is 3.95. The van der Waals surface area contributed by atoms with Crippen LogP contribution in [0.4, 0.5) is 11.4 Å². The number of aliphatic hydroxyl groups is 2. The summed E-state index contributed by atoms with van der Waals surface area (Å²) in [5.74, 6) is -0.278. The average Bonchev–Trinajstić information content (AvgIpc) is 2.82. The molecular weight excluding hydrogens is 406 g/mol. The third kappa shape index (κ3) is 5.73. The zero-order valence-corrected chi connectivity index (χ0v) is 18.5. The van der Waals surface area contributed by atoms with Gasteiger partial charge in [0.1, 0.15) is 0 Å². The lowest BCUT2D eigenvalue weighted by molar-refractivity contribution is 0.0980. The molecule has 1 aliphatic carbocycles. The van der Waals surface area contributed by atoms with E-state index in [1.165, 1.54) is 0 Å². The van der Waals surface area contributed by atoms with Gasteiger partial charge >= 0.3 is 0 Å². The summed E-state index contributed by atoms with van der Waals surface area (Å²) in [6.07, 6.45) is 4.38. The van der Waals surface area contributed by atoms with Crippen LogP contribution < -0.4 is 16.0 Å². The summed E-state index contributed by atoms with van der Waals surface area (Å²) < 4.78 is 0. The van der Waals surface area contributed by atoms with Crippen molar-refractivity contribution in [1.82, 2.24) is 5.32 Å². The zero-order chi connectivity index (χ0) is 22.8. The Morgan fingerprint density at radius 2 is 1.16 bits per heavy atom. The van der Waals surface area contributed by atoms with Crippen molar-refractivity contribution in [3.63, 3.8) is 0 Å². The second-order valence-electron chi connectivity index (χ2n) is 7.93. The van der Waals surface area contributed by atoms with Crippen molar-refractivity contribution >= 4 is 22.9 Å². The van der Waals surface area contributed by atoms with Gasteiger partial charge in [0, 0.05) is 55.3 Å². The van der Waals surface area contributed by atoms with Crippen LogP contribution in [0.5, 0.6) is 0 Å². The van der Waals surface area contributed by atoms with Gasteiger partial charge in [0.25, 0.3) is 0 Å². The van der Waals surface area contributed by atoms with Gasteiger partial charge in [-0.3, -0.25) is 9.59 Å². The molecule has 0 fully saturated rings. The molecule has 0 atom stereocenters. The number of nitrogens with one attached hydrogen (secondary N) is 3. The summed E-state index contributed by atoms with van der Waals surface area (Å²) in [6.45, 7) is 3.06. The van der Waals surface area contributed by atoms with Crippen molar-refractivity contribution < 1.29 is 19.8 Å². The highest BCUT2D eigenvalue weighted by atomic mass is 16.3. The SMILES string of the molecule is O=C1c2ccccc2C(=O)c2c(NCCNCCCO)ccc(NCCCCCCO)c21.